The number of anilines is 1. The normalized spacial score (nSPS) is 16.4. The molecule has 0 unspecified atom stereocenters. The van der Waals surface area contributed by atoms with Gasteiger partial charge in [0.05, 0.1) is 41.1 Å². The average Bonchev–Trinajstić information content (AvgIpc) is 2.55. The molecular formula is C15H18ClN3O5. The van der Waals surface area contributed by atoms with Crippen molar-refractivity contribution in [3.05, 3.63) is 33.3 Å². The van der Waals surface area contributed by atoms with Gasteiger partial charge in [0, 0.05) is 12.1 Å². The van der Waals surface area contributed by atoms with Gasteiger partial charge in [-0.2, -0.15) is 0 Å². The van der Waals surface area contributed by atoms with Crippen LogP contribution in [0.3, 0.4) is 0 Å². The zero-order chi connectivity index (χ0) is 17.7. The minimum absolute atomic E-state index is 0.0848. The Bertz CT molecular complexity index is 646. The second-order valence-corrected chi connectivity index (χ2v) is 6.17. The van der Waals surface area contributed by atoms with Gasteiger partial charge < -0.3 is 20.1 Å². The number of carbonyl (C=O) groups excluding carboxylic acids is 2. The summed E-state index contributed by atoms with van der Waals surface area (Å²) in [6, 6.07) is 2.73. The summed E-state index contributed by atoms with van der Waals surface area (Å²) in [4.78, 5) is 34.5. The number of carboxylic acid groups (broad SMARTS) is 1. The lowest BCUT2D eigenvalue weighted by atomic mass is 10.1. The van der Waals surface area contributed by atoms with E-state index in [9.17, 15) is 24.8 Å². The number of halogens is 1. The van der Waals surface area contributed by atoms with E-state index >= 15 is 0 Å². The number of nitrogens with one attached hydrogen (secondary N) is 2. The van der Waals surface area contributed by atoms with Gasteiger partial charge in [-0.1, -0.05) is 11.6 Å². The van der Waals surface area contributed by atoms with E-state index in [-0.39, 0.29) is 22.8 Å². The van der Waals surface area contributed by atoms with Crippen molar-refractivity contribution in [1.82, 2.24) is 0 Å². The van der Waals surface area contributed by atoms with Crippen molar-refractivity contribution in [2.24, 2.45) is 0 Å². The van der Waals surface area contributed by atoms with Crippen molar-refractivity contribution in [2.45, 2.75) is 31.7 Å². The number of hydrogen-bond donors (Lipinski definition) is 2. The summed E-state index contributed by atoms with van der Waals surface area (Å²) in [6.45, 7) is 1.37. The van der Waals surface area contributed by atoms with Crippen molar-refractivity contribution in [2.75, 3.05) is 18.4 Å². The van der Waals surface area contributed by atoms with Crippen molar-refractivity contribution in [3.8, 4) is 0 Å². The van der Waals surface area contributed by atoms with E-state index < -0.39 is 22.8 Å². The molecular weight excluding hydrogens is 338 g/mol. The summed E-state index contributed by atoms with van der Waals surface area (Å²) in [6.07, 6.45) is 2.62. The molecule has 0 radical (unpaired) electrons. The first kappa shape index (κ1) is 18.2. The van der Waals surface area contributed by atoms with Crippen LogP contribution in [0.1, 0.15) is 25.7 Å². The van der Waals surface area contributed by atoms with Crippen LogP contribution in [0.2, 0.25) is 5.02 Å². The number of carbonyl (C=O) groups is 2. The van der Waals surface area contributed by atoms with E-state index in [4.69, 9.17) is 11.6 Å². The third-order valence-corrected chi connectivity index (χ3v) is 4.43. The lowest BCUT2D eigenvalue weighted by Crippen LogP contribution is -3.18. The third kappa shape index (κ3) is 4.65. The molecule has 0 spiro atoms. The first-order chi connectivity index (χ1) is 11.4. The van der Waals surface area contributed by atoms with Gasteiger partial charge in [0.1, 0.15) is 6.04 Å². The average molecular weight is 356 g/mol. The van der Waals surface area contributed by atoms with Gasteiger partial charge in [-0.3, -0.25) is 14.9 Å². The van der Waals surface area contributed by atoms with Crippen LogP contribution >= 0.6 is 11.6 Å². The monoisotopic (exact) mass is 355 g/mol. The van der Waals surface area contributed by atoms with Crippen LogP contribution < -0.4 is 15.3 Å². The summed E-state index contributed by atoms with van der Waals surface area (Å²) in [5.74, 6) is -1.84. The molecule has 1 aliphatic rings. The molecule has 1 aromatic carbocycles. The number of likely N-dealkylation sites (tertiary alicyclic amines) is 1. The van der Waals surface area contributed by atoms with Crippen molar-refractivity contribution in [1.29, 1.82) is 0 Å². The van der Waals surface area contributed by atoms with E-state index in [0.717, 1.165) is 30.2 Å². The quantitative estimate of drug-likeness (QED) is 0.539. The van der Waals surface area contributed by atoms with Crippen LogP contribution in [0.4, 0.5) is 11.4 Å². The van der Waals surface area contributed by atoms with E-state index in [1.54, 1.807) is 0 Å². The molecule has 2 rings (SSSR count). The highest BCUT2D eigenvalue weighted by atomic mass is 35.5. The highest BCUT2D eigenvalue weighted by Gasteiger charge is 2.28. The Labute approximate surface area is 143 Å². The Morgan fingerprint density at radius 3 is 2.54 bits per heavy atom. The van der Waals surface area contributed by atoms with Crippen LogP contribution in [0.15, 0.2) is 18.2 Å². The second-order valence-electron chi connectivity index (χ2n) is 5.76. The molecule has 1 aromatic rings. The topological polar surface area (TPSA) is 117 Å². The summed E-state index contributed by atoms with van der Waals surface area (Å²) < 4.78 is 0. The first-order valence-electron chi connectivity index (χ1n) is 7.67. The van der Waals surface area contributed by atoms with E-state index in [0.29, 0.717) is 13.1 Å². The van der Waals surface area contributed by atoms with E-state index in [1.165, 1.54) is 12.1 Å². The van der Waals surface area contributed by atoms with Gasteiger partial charge in [0.15, 0.2) is 0 Å². The molecule has 0 bridgehead atoms. The number of amides is 1. The molecule has 0 saturated carbocycles. The molecule has 9 heteroatoms. The maximum absolute atomic E-state index is 12.2. The number of aliphatic carboxylic acids is 1. The molecule has 1 heterocycles. The maximum Gasteiger partial charge on any atom is 0.271 e. The number of nitrogens with zero attached hydrogens (tertiary/aromatic N) is 1. The molecule has 1 aliphatic heterocycles. The Hall–Kier alpha value is -2.19. The lowest BCUT2D eigenvalue weighted by Gasteiger charge is -2.31. The van der Waals surface area contributed by atoms with Gasteiger partial charge in [-0.25, -0.2) is 0 Å². The summed E-state index contributed by atoms with van der Waals surface area (Å²) in [7, 11) is 0. The highest BCUT2D eigenvalue weighted by molar-refractivity contribution is 6.33. The van der Waals surface area contributed by atoms with Gasteiger partial charge >= 0.3 is 0 Å². The Kier molecular flexibility index (Phi) is 6.10. The number of piperidine rings is 1. The van der Waals surface area contributed by atoms with Crippen LogP contribution in [0.25, 0.3) is 0 Å². The smallest absolute Gasteiger partial charge is 0.271 e. The number of hydrogen-bond acceptors (Lipinski definition) is 5. The Morgan fingerprint density at radius 2 is 1.96 bits per heavy atom. The number of quaternary nitrogens is 1. The van der Waals surface area contributed by atoms with Crippen molar-refractivity contribution >= 4 is 34.9 Å². The van der Waals surface area contributed by atoms with Gasteiger partial charge in [0.25, 0.3) is 5.69 Å². The van der Waals surface area contributed by atoms with E-state index in [2.05, 4.69) is 5.32 Å². The van der Waals surface area contributed by atoms with E-state index in [1.807, 2.05) is 0 Å². The summed E-state index contributed by atoms with van der Waals surface area (Å²) in [5, 5.41) is 24.7. The number of nitro groups is 1. The molecule has 1 saturated heterocycles. The fourth-order valence-corrected chi connectivity index (χ4v) is 3.02. The van der Waals surface area contributed by atoms with Crippen LogP contribution in [0, 0.1) is 10.1 Å². The fraction of sp³-hybridized carbons (Fsp3) is 0.467. The predicted octanol–water partition coefficient (Wildman–Crippen LogP) is -0.236. The number of non-ortho nitro benzene ring substituents is 1. The highest BCUT2D eigenvalue weighted by Crippen LogP contribution is 2.26. The predicted molar refractivity (Wildman–Crippen MR) is 84.7 cm³/mol. The fourth-order valence-electron chi connectivity index (χ4n) is 2.86. The van der Waals surface area contributed by atoms with Crippen LogP contribution in [0.5, 0.6) is 0 Å². The molecule has 0 aliphatic carbocycles. The molecule has 1 atom stereocenters. The molecule has 0 aromatic heterocycles. The van der Waals surface area contributed by atoms with Gasteiger partial charge in [-0.05, 0) is 25.3 Å². The van der Waals surface area contributed by atoms with Crippen molar-refractivity contribution < 1.29 is 24.5 Å². The molecule has 1 fully saturated rings. The Morgan fingerprint density at radius 1 is 1.29 bits per heavy atom. The molecule has 24 heavy (non-hydrogen) atoms. The zero-order valence-corrected chi connectivity index (χ0v) is 13.7. The molecule has 2 N–H and O–H groups in total. The number of rotatable bonds is 6. The third-order valence-electron chi connectivity index (χ3n) is 4.10. The summed E-state index contributed by atoms with van der Waals surface area (Å²) in [5.41, 5.74) is -0.130. The van der Waals surface area contributed by atoms with Crippen LogP contribution in [-0.4, -0.2) is 35.9 Å². The van der Waals surface area contributed by atoms with Crippen molar-refractivity contribution in [3.63, 3.8) is 0 Å². The first-order valence-corrected chi connectivity index (χ1v) is 8.05. The SMILES string of the molecule is O=C(C[C@@H](C(=O)[O-])[NH+]1CCCCC1)Nc1cc([N+](=O)[O-])ccc1Cl. The minimum Gasteiger partial charge on any atom is -0.544 e. The van der Waals surface area contributed by atoms with Gasteiger partial charge in [-0.15, -0.1) is 0 Å². The number of nitro benzene ring substituents is 1. The number of carboxylic acids is 1. The number of benzene rings is 1. The second kappa shape index (κ2) is 8.07. The molecule has 1 amide bonds. The summed E-state index contributed by atoms with van der Waals surface area (Å²) >= 11 is 5.92. The largest absolute Gasteiger partial charge is 0.544 e. The van der Waals surface area contributed by atoms with Crippen LogP contribution in [-0.2, 0) is 9.59 Å². The van der Waals surface area contributed by atoms with Gasteiger partial charge in [0.2, 0.25) is 5.91 Å². The minimum atomic E-state index is -1.27. The molecule has 8 nitrogen and oxygen atoms in total. The molecule has 130 valence electrons. The lowest BCUT2D eigenvalue weighted by molar-refractivity contribution is -0.922. The standard InChI is InChI=1S/C15H18ClN3O5/c16-11-5-4-10(19(23)24)8-12(11)17-14(20)9-13(15(21)22)18-6-2-1-3-7-18/h4-5,8,13H,1-3,6-7,9H2,(H,17,20)(H,21,22)/t13-/m0/s1. The maximum atomic E-state index is 12.2. The Balaban J connectivity index is 2.06. The zero-order valence-electron chi connectivity index (χ0n) is 12.9.